The van der Waals surface area contributed by atoms with Crippen molar-refractivity contribution in [2.45, 2.75) is 19.4 Å². The lowest BCUT2D eigenvalue weighted by molar-refractivity contribution is -0.116. The Morgan fingerprint density at radius 2 is 2.32 bits per heavy atom. The number of amides is 1. The summed E-state index contributed by atoms with van der Waals surface area (Å²) in [5.74, 6) is 0.578. The average Bonchev–Trinajstić information content (AvgIpc) is 3.03. The molecule has 0 spiro atoms. The van der Waals surface area contributed by atoms with Gasteiger partial charge in [-0.15, -0.1) is 0 Å². The van der Waals surface area contributed by atoms with Crippen molar-refractivity contribution in [1.82, 2.24) is 19.8 Å². The van der Waals surface area contributed by atoms with E-state index in [1.165, 1.54) is 6.07 Å². The van der Waals surface area contributed by atoms with Crippen molar-refractivity contribution in [2.24, 2.45) is 7.05 Å². The van der Waals surface area contributed by atoms with E-state index in [2.05, 4.69) is 20.5 Å². The smallest absolute Gasteiger partial charge is 0.225 e. The Morgan fingerprint density at radius 3 is 3.08 bits per heavy atom. The first-order valence-corrected chi connectivity index (χ1v) is 8.53. The molecule has 3 rings (SSSR count). The highest BCUT2D eigenvalue weighted by Crippen LogP contribution is 2.21. The highest BCUT2D eigenvalue weighted by Gasteiger charge is 2.26. The molecule has 2 heterocycles. The zero-order valence-electron chi connectivity index (χ0n) is 14.6. The third-order valence-electron chi connectivity index (χ3n) is 4.68. The van der Waals surface area contributed by atoms with E-state index in [0.29, 0.717) is 24.2 Å². The lowest BCUT2D eigenvalue weighted by Crippen LogP contribution is -2.47. The van der Waals surface area contributed by atoms with Gasteiger partial charge in [0.1, 0.15) is 11.6 Å². The number of carbonyl (C=O) groups excluding carboxylic acids is 1. The Hall–Kier alpha value is -2.25. The van der Waals surface area contributed by atoms with Crippen LogP contribution in [0.25, 0.3) is 0 Å². The molecule has 1 saturated heterocycles. The van der Waals surface area contributed by atoms with E-state index in [4.69, 9.17) is 0 Å². The first kappa shape index (κ1) is 17.6. The minimum Gasteiger partial charge on any atom is -0.337 e. The van der Waals surface area contributed by atoms with E-state index in [1.54, 1.807) is 25.3 Å². The van der Waals surface area contributed by atoms with Crippen LogP contribution in [0, 0.1) is 12.7 Å². The van der Waals surface area contributed by atoms with Crippen molar-refractivity contribution in [1.29, 1.82) is 0 Å². The second kappa shape index (κ2) is 7.76. The van der Waals surface area contributed by atoms with Gasteiger partial charge in [-0.1, -0.05) is 6.07 Å². The van der Waals surface area contributed by atoms with Crippen LogP contribution in [-0.2, 0) is 11.8 Å². The normalized spacial score (nSPS) is 18.3. The Kier molecular flexibility index (Phi) is 5.45. The molecule has 2 N–H and O–H groups in total. The summed E-state index contributed by atoms with van der Waals surface area (Å²) in [6, 6.07) is 4.87. The van der Waals surface area contributed by atoms with Crippen molar-refractivity contribution < 1.29 is 9.18 Å². The number of rotatable bonds is 5. The Morgan fingerprint density at radius 1 is 1.48 bits per heavy atom. The number of hydrogen-bond donors (Lipinski definition) is 2. The van der Waals surface area contributed by atoms with E-state index in [-0.39, 0.29) is 17.8 Å². The SMILES string of the molecule is Cc1c(F)cccc1NC(=O)CCN1CCNCC1c1nccn1C. The average molecular weight is 345 g/mol. The first-order chi connectivity index (χ1) is 12.1. The van der Waals surface area contributed by atoms with Gasteiger partial charge in [-0.2, -0.15) is 0 Å². The molecule has 7 heteroatoms. The van der Waals surface area contributed by atoms with Crippen LogP contribution in [0.4, 0.5) is 10.1 Å². The number of nitrogens with zero attached hydrogens (tertiary/aromatic N) is 3. The summed E-state index contributed by atoms with van der Waals surface area (Å²) in [5, 5.41) is 6.19. The van der Waals surface area contributed by atoms with Crippen LogP contribution in [-0.4, -0.2) is 46.5 Å². The van der Waals surface area contributed by atoms with Crippen LogP contribution in [0.1, 0.15) is 23.9 Å². The number of benzene rings is 1. The van der Waals surface area contributed by atoms with Gasteiger partial charge >= 0.3 is 0 Å². The molecule has 1 amide bonds. The molecule has 0 aliphatic carbocycles. The molecule has 1 aliphatic rings. The molecular formula is C18H24FN5O. The summed E-state index contributed by atoms with van der Waals surface area (Å²) < 4.78 is 15.6. The van der Waals surface area contributed by atoms with Gasteiger partial charge in [0.15, 0.2) is 0 Å². The second-order valence-electron chi connectivity index (χ2n) is 6.36. The summed E-state index contributed by atoms with van der Waals surface area (Å²) in [6.45, 7) is 4.88. The quantitative estimate of drug-likeness (QED) is 0.868. The van der Waals surface area contributed by atoms with Crippen LogP contribution >= 0.6 is 0 Å². The number of piperazine rings is 1. The monoisotopic (exact) mass is 345 g/mol. The molecule has 2 aromatic rings. The minimum absolute atomic E-state index is 0.106. The lowest BCUT2D eigenvalue weighted by Gasteiger charge is -2.35. The van der Waals surface area contributed by atoms with E-state index < -0.39 is 0 Å². The van der Waals surface area contributed by atoms with Crippen molar-refractivity contribution >= 4 is 11.6 Å². The Bertz CT molecular complexity index is 745. The Balaban J connectivity index is 1.60. The highest BCUT2D eigenvalue weighted by molar-refractivity contribution is 5.91. The van der Waals surface area contributed by atoms with Crippen LogP contribution in [0.3, 0.4) is 0 Å². The number of anilines is 1. The molecule has 1 fully saturated rings. The molecule has 134 valence electrons. The third kappa shape index (κ3) is 4.05. The number of halogens is 1. The van der Waals surface area contributed by atoms with Crippen molar-refractivity contribution in [3.05, 3.63) is 47.8 Å². The van der Waals surface area contributed by atoms with Crippen molar-refractivity contribution in [3.63, 3.8) is 0 Å². The topological polar surface area (TPSA) is 62.2 Å². The third-order valence-corrected chi connectivity index (χ3v) is 4.68. The van der Waals surface area contributed by atoms with Crippen LogP contribution in [0.5, 0.6) is 0 Å². The standard InChI is InChI=1S/C18H24FN5O/c1-13-14(19)4-3-5-15(13)22-17(25)6-9-24-11-7-20-12-16(24)18-21-8-10-23(18)2/h3-5,8,10,16,20H,6-7,9,11-12H2,1-2H3,(H,22,25). The maximum Gasteiger partial charge on any atom is 0.225 e. The number of hydrogen-bond acceptors (Lipinski definition) is 4. The summed E-state index contributed by atoms with van der Waals surface area (Å²) in [4.78, 5) is 19.0. The van der Waals surface area contributed by atoms with E-state index in [1.807, 2.05) is 17.8 Å². The minimum atomic E-state index is -0.310. The van der Waals surface area contributed by atoms with Crippen molar-refractivity contribution in [2.75, 3.05) is 31.5 Å². The molecular weight excluding hydrogens is 321 g/mol. The van der Waals surface area contributed by atoms with Crippen LogP contribution in [0.15, 0.2) is 30.6 Å². The van der Waals surface area contributed by atoms with E-state index >= 15 is 0 Å². The van der Waals surface area contributed by atoms with Gasteiger partial charge < -0.3 is 15.2 Å². The number of aromatic nitrogens is 2. The summed E-state index contributed by atoms with van der Waals surface area (Å²) in [5.41, 5.74) is 0.995. The maximum absolute atomic E-state index is 13.6. The van der Waals surface area contributed by atoms with Gasteiger partial charge in [-0.05, 0) is 19.1 Å². The molecule has 0 saturated carbocycles. The summed E-state index contributed by atoms with van der Waals surface area (Å²) in [6.07, 6.45) is 4.08. The van der Waals surface area contributed by atoms with Gasteiger partial charge in [-0.3, -0.25) is 9.69 Å². The van der Waals surface area contributed by atoms with Gasteiger partial charge in [0.05, 0.1) is 6.04 Å². The molecule has 1 atom stereocenters. The van der Waals surface area contributed by atoms with Crippen LogP contribution in [0.2, 0.25) is 0 Å². The highest BCUT2D eigenvalue weighted by atomic mass is 19.1. The van der Waals surface area contributed by atoms with Crippen molar-refractivity contribution in [3.8, 4) is 0 Å². The fraction of sp³-hybridized carbons (Fsp3) is 0.444. The molecule has 1 aromatic heterocycles. The number of imidazole rings is 1. The Labute approximate surface area is 147 Å². The molecule has 6 nitrogen and oxygen atoms in total. The predicted octanol–water partition coefficient (Wildman–Crippen LogP) is 1.84. The van der Waals surface area contributed by atoms with Crippen LogP contribution < -0.4 is 10.6 Å². The zero-order valence-corrected chi connectivity index (χ0v) is 14.6. The molecule has 25 heavy (non-hydrogen) atoms. The largest absolute Gasteiger partial charge is 0.337 e. The molecule has 0 bridgehead atoms. The second-order valence-corrected chi connectivity index (χ2v) is 6.36. The predicted molar refractivity (Wildman–Crippen MR) is 94.8 cm³/mol. The first-order valence-electron chi connectivity index (χ1n) is 8.53. The van der Waals surface area contributed by atoms with Gasteiger partial charge in [-0.25, -0.2) is 9.37 Å². The molecule has 1 unspecified atom stereocenters. The molecule has 1 aromatic carbocycles. The molecule has 0 radical (unpaired) electrons. The number of aryl methyl sites for hydroxylation is 1. The number of nitrogens with one attached hydrogen (secondary N) is 2. The van der Waals surface area contributed by atoms with Gasteiger partial charge in [0.2, 0.25) is 5.91 Å². The van der Waals surface area contributed by atoms with E-state index in [9.17, 15) is 9.18 Å². The maximum atomic E-state index is 13.6. The zero-order chi connectivity index (χ0) is 17.8. The van der Waals surface area contributed by atoms with Gasteiger partial charge in [0, 0.05) is 63.3 Å². The molecule has 1 aliphatic heterocycles. The fourth-order valence-corrected chi connectivity index (χ4v) is 3.17. The van der Waals surface area contributed by atoms with E-state index in [0.717, 1.165) is 25.5 Å². The fourth-order valence-electron chi connectivity index (χ4n) is 3.17. The lowest BCUT2D eigenvalue weighted by atomic mass is 10.1. The summed E-state index contributed by atoms with van der Waals surface area (Å²) >= 11 is 0. The number of carbonyl (C=O) groups is 1. The summed E-state index contributed by atoms with van der Waals surface area (Å²) in [7, 11) is 1.98. The van der Waals surface area contributed by atoms with Gasteiger partial charge in [0.25, 0.3) is 0 Å².